The number of hydrogen-bond acceptors (Lipinski definition) is 4. The molecule has 7 heteroatoms. The second-order valence-electron chi connectivity index (χ2n) is 5.26. The summed E-state index contributed by atoms with van der Waals surface area (Å²) in [5, 5.41) is 11.1. The fraction of sp³-hybridized carbons (Fsp3) is 0.188. The molecule has 118 valence electrons. The maximum atomic E-state index is 14.2. The molecule has 2 aromatic carbocycles. The number of halogens is 2. The summed E-state index contributed by atoms with van der Waals surface area (Å²) in [6, 6.07) is 11.8. The molecule has 0 aromatic heterocycles. The number of non-ortho nitro benzene ring substituents is 1. The van der Waals surface area contributed by atoms with Crippen LogP contribution in [0.5, 0.6) is 0 Å². The molecule has 1 aliphatic rings. The summed E-state index contributed by atoms with van der Waals surface area (Å²) in [4.78, 5) is 16.5. The van der Waals surface area contributed by atoms with Crippen molar-refractivity contribution in [3.05, 3.63) is 68.2 Å². The maximum Gasteiger partial charge on any atom is 0.270 e. The van der Waals surface area contributed by atoms with Crippen molar-refractivity contribution in [1.29, 1.82) is 0 Å². The van der Waals surface area contributed by atoms with Gasteiger partial charge in [0.25, 0.3) is 5.69 Å². The van der Waals surface area contributed by atoms with Gasteiger partial charge in [-0.1, -0.05) is 28.1 Å². The van der Waals surface area contributed by atoms with E-state index in [2.05, 4.69) is 20.9 Å². The van der Waals surface area contributed by atoms with Crippen LogP contribution in [-0.4, -0.2) is 30.5 Å². The highest BCUT2D eigenvalue weighted by Gasteiger charge is 2.24. The van der Waals surface area contributed by atoms with Gasteiger partial charge in [-0.3, -0.25) is 10.1 Å². The molecule has 5 nitrogen and oxygen atoms in total. The first-order chi connectivity index (χ1) is 11.0. The Hall–Kier alpha value is -2.28. The van der Waals surface area contributed by atoms with E-state index in [-0.39, 0.29) is 12.2 Å². The molecular formula is C16H13BrFN3O2. The molecular weight excluding hydrogens is 365 g/mol. The number of aliphatic imine (C=N–C) groups is 1. The zero-order chi connectivity index (χ0) is 16.6. The summed E-state index contributed by atoms with van der Waals surface area (Å²) in [5.74, 6) is 0. The Morgan fingerprint density at radius 3 is 2.83 bits per heavy atom. The van der Waals surface area contributed by atoms with E-state index in [1.54, 1.807) is 18.0 Å². The number of alkyl halides is 1. The van der Waals surface area contributed by atoms with Crippen LogP contribution < -0.4 is 4.90 Å². The molecule has 0 saturated carbocycles. The van der Waals surface area contributed by atoms with Crippen LogP contribution in [0.2, 0.25) is 0 Å². The quantitative estimate of drug-likeness (QED) is 0.452. The van der Waals surface area contributed by atoms with Gasteiger partial charge in [-0.2, -0.15) is 0 Å². The minimum Gasteiger partial charge on any atom is -0.369 e. The predicted octanol–water partition coefficient (Wildman–Crippen LogP) is 3.94. The molecule has 2 aromatic rings. The number of anilines is 1. The van der Waals surface area contributed by atoms with Crippen molar-refractivity contribution in [2.24, 2.45) is 4.99 Å². The smallest absolute Gasteiger partial charge is 0.270 e. The molecule has 0 bridgehead atoms. The van der Waals surface area contributed by atoms with Crippen LogP contribution in [0, 0.1) is 10.1 Å². The Bertz CT molecular complexity index is 810. The molecule has 0 amide bonds. The minimum atomic E-state index is -1.40. The van der Waals surface area contributed by atoms with Crippen molar-refractivity contribution >= 4 is 33.0 Å². The summed E-state index contributed by atoms with van der Waals surface area (Å²) in [5.41, 5.74) is 2.35. The Kier molecular flexibility index (Phi) is 4.12. The lowest BCUT2D eigenvalue weighted by Gasteiger charge is -2.19. The van der Waals surface area contributed by atoms with E-state index < -0.39 is 11.2 Å². The van der Waals surface area contributed by atoms with Crippen molar-refractivity contribution < 1.29 is 9.31 Å². The number of benzene rings is 2. The predicted molar refractivity (Wildman–Crippen MR) is 91.0 cm³/mol. The fourth-order valence-corrected chi connectivity index (χ4v) is 3.00. The number of likely N-dealkylation sites (N-methyl/N-ethyl adjacent to an activating group) is 1. The van der Waals surface area contributed by atoms with Crippen molar-refractivity contribution in [2.75, 3.05) is 18.5 Å². The molecule has 23 heavy (non-hydrogen) atoms. The summed E-state index contributed by atoms with van der Waals surface area (Å²) >= 11 is 3.39. The number of nitro benzene ring substituents is 1. The number of nitrogens with zero attached hydrogens (tertiary/aromatic N) is 3. The number of benzodiazepines with no additional fused rings is 1. The number of nitro groups is 1. The van der Waals surface area contributed by atoms with E-state index in [0.29, 0.717) is 16.8 Å². The van der Waals surface area contributed by atoms with Gasteiger partial charge in [-0.05, 0) is 18.2 Å². The molecule has 0 fully saturated rings. The van der Waals surface area contributed by atoms with E-state index >= 15 is 0 Å². The van der Waals surface area contributed by atoms with Crippen LogP contribution in [-0.2, 0) is 0 Å². The van der Waals surface area contributed by atoms with Crippen molar-refractivity contribution in [1.82, 2.24) is 0 Å². The topological polar surface area (TPSA) is 58.7 Å². The second-order valence-corrected chi connectivity index (χ2v) is 6.18. The molecule has 0 N–H and O–H groups in total. The van der Waals surface area contributed by atoms with Gasteiger partial charge in [0.1, 0.15) is 0 Å². The van der Waals surface area contributed by atoms with Gasteiger partial charge >= 0.3 is 0 Å². The third-order valence-corrected chi connectivity index (χ3v) is 4.14. The van der Waals surface area contributed by atoms with Crippen LogP contribution in [0.25, 0.3) is 0 Å². The monoisotopic (exact) mass is 377 g/mol. The van der Waals surface area contributed by atoms with E-state index in [4.69, 9.17) is 0 Å². The first-order valence-electron chi connectivity index (χ1n) is 6.93. The van der Waals surface area contributed by atoms with Gasteiger partial charge < -0.3 is 4.90 Å². The average molecular weight is 378 g/mol. The normalized spacial score (nSPS) is 17.3. The zero-order valence-electron chi connectivity index (χ0n) is 12.2. The number of hydrogen-bond donors (Lipinski definition) is 0. The van der Waals surface area contributed by atoms with E-state index in [1.807, 2.05) is 24.3 Å². The number of fused-ring (bicyclic) bond motifs is 1. The van der Waals surface area contributed by atoms with Crippen LogP contribution in [0.15, 0.2) is 51.9 Å². The Labute approximate surface area is 140 Å². The molecule has 0 radical (unpaired) electrons. The molecule has 1 unspecified atom stereocenters. The largest absolute Gasteiger partial charge is 0.369 e. The Balaban J connectivity index is 2.24. The van der Waals surface area contributed by atoms with Gasteiger partial charge in [0.2, 0.25) is 6.30 Å². The highest BCUT2D eigenvalue weighted by Crippen LogP contribution is 2.31. The van der Waals surface area contributed by atoms with Crippen molar-refractivity contribution in [2.45, 2.75) is 6.30 Å². The lowest BCUT2D eigenvalue weighted by Crippen LogP contribution is -2.24. The van der Waals surface area contributed by atoms with Gasteiger partial charge in [-0.15, -0.1) is 0 Å². The van der Waals surface area contributed by atoms with E-state index in [1.165, 1.54) is 12.1 Å². The SMILES string of the molecule is CN1CC(F)N=C(c2cccc(Br)c2)c2cc([N+](=O)[O-])ccc21. The Morgan fingerprint density at radius 2 is 2.13 bits per heavy atom. The van der Waals surface area contributed by atoms with Crippen molar-refractivity contribution in [3.63, 3.8) is 0 Å². The lowest BCUT2D eigenvalue weighted by atomic mass is 9.99. The zero-order valence-corrected chi connectivity index (χ0v) is 13.8. The highest BCUT2D eigenvalue weighted by molar-refractivity contribution is 9.10. The summed E-state index contributed by atoms with van der Waals surface area (Å²) in [6.07, 6.45) is -1.40. The van der Waals surface area contributed by atoms with Crippen LogP contribution in [0.1, 0.15) is 11.1 Å². The first kappa shape index (κ1) is 15.6. The molecule has 0 aliphatic carbocycles. The second kappa shape index (κ2) is 6.08. The minimum absolute atomic E-state index is 0.0443. The van der Waals surface area contributed by atoms with Crippen LogP contribution >= 0.6 is 15.9 Å². The van der Waals surface area contributed by atoms with Gasteiger partial charge in [0, 0.05) is 40.5 Å². The first-order valence-corrected chi connectivity index (χ1v) is 7.73. The number of rotatable bonds is 2. The summed E-state index contributed by atoms with van der Waals surface area (Å²) in [6.45, 7) is 0.0995. The standard InChI is InChI=1S/C16H13BrFN3O2/c1-20-9-15(18)19-16(10-3-2-4-11(17)7-10)13-8-12(21(22)23)5-6-14(13)20/h2-8,15H,9H2,1H3. The summed E-state index contributed by atoms with van der Waals surface area (Å²) in [7, 11) is 1.75. The molecule has 0 spiro atoms. The molecule has 1 atom stereocenters. The fourth-order valence-electron chi connectivity index (χ4n) is 2.60. The van der Waals surface area contributed by atoms with Gasteiger partial charge in [0.15, 0.2) is 0 Å². The van der Waals surface area contributed by atoms with Crippen LogP contribution in [0.4, 0.5) is 15.8 Å². The van der Waals surface area contributed by atoms with Gasteiger partial charge in [0.05, 0.1) is 17.2 Å². The lowest BCUT2D eigenvalue weighted by molar-refractivity contribution is -0.384. The molecule has 0 saturated heterocycles. The average Bonchev–Trinajstić information content (AvgIpc) is 2.63. The Morgan fingerprint density at radius 1 is 1.35 bits per heavy atom. The van der Waals surface area contributed by atoms with E-state index in [9.17, 15) is 14.5 Å². The molecule has 3 rings (SSSR count). The highest BCUT2D eigenvalue weighted by atomic mass is 79.9. The van der Waals surface area contributed by atoms with Crippen LogP contribution in [0.3, 0.4) is 0 Å². The van der Waals surface area contributed by atoms with E-state index in [0.717, 1.165) is 10.2 Å². The van der Waals surface area contributed by atoms with Gasteiger partial charge in [-0.25, -0.2) is 9.38 Å². The molecule has 1 heterocycles. The van der Waals surface area contributed by atoms with Crippen molar-refractivity contribution in [3.8, 4) is 0 Å². The molecule has 1 aliphatic heterocycles. The third kappa shape index (κ3) is 3.10. The third-order valence-electron chi connectivity index (χ3n) is 3.65. The maximum absolute atomic E-state index is 14.2. The summed E-state index contributed by atoms with van der Waals surface area (Å²) < 4.78 is 15.0.